The lowest BCUT2D eigenvalue weighted by Crippen LogP contribution is -2.40. The third-order valence-corrected chi connectivity index (χ3v) is 4.14. The number of primary amides is 1. The van der Waals surface area contributed by atoms with E-state index in [1.165, 1.54) is 5.01 Å². The lowest BCUT2D eigenvalue weighted by Gasteiger charge is -2.20. The summed E-state index contributed by atoms with van der Waals surface area (Å²) in [6.07, 6.45) is 0.201. The average Bonchev–Trinajstić information content (AvgIpc) is 3.10. The molecule has 0 radical (unpaired) electrons. The van der Waals surface area contributed by atoms with Gasteiger partial charge in [0.1, 0.15) is 11.8 Å². The fraction of sp³-hybridized carbons (Fsp3) is 0.211. The molecule has 0 saturated heterocycles. The molecular formula is C19H20N4O2. The van der Waals surface area contributed by atoms with Crippen LogP contribution < -0.4 is 15.6 Å². The molecule has 6 nitrogen and oxygen atoms in total. The third kappa shape index (κ3) is 3.38. The molecule has 2 aromatic rings. The largest absolute Gasteiger partial charge is 0.368 e. The Bertz CT molecular complexity index is 790. The van der Waals surface area contributed by atoms with Gasteiger partial charge in [-0.15, -0.1) is 0 Å². The van der Waals surface area contributed by atoms with Crippen LogP contribution in [0, 0.1) is 0 Å². The van der Waals surface area contributed by atoms with E-state index in [2.05, 4.69) is 5.10 Å². The summed E-state index contributed by atoms with van der Waals surface area (Å²) in [4.78, 5) is 26.4. The Labute approximate surface area is 146 Å². The van der Waals surface area contributed by atoms with E-state index < -0.39 is 11.9 Å². The molecular weight excluding hydrogens is 316 g/mol. The molecule has 1 unspecified atom stereocenters. The van der Waals surface area contributed by atoms with Crippen LogP contribution >= 0.6 is 0 Å². The minimum absolute atomic E-state index is 0.201. The summed E-state index contributed by atoms with van der Waals surface area (Å²) in [6, 6.07) is 18.0. The number of carbonyl (C=O) groups is 2. The van der Waals surface area contributed by atoms with Crippen molar-refractivity contribution in [3.05, 3.63) is 60.7 Å². The van der Waals surface area contributed by atoms with Crippen LogP contribution in [0.5, 0.6) is 0 Å². The molecule has 1 heterocycles. The van der Waals surface area contributed by atoms with Gasteiger partial charge in [-0.05, 0) is 31.2 Å². The van der Waals surface area contributed by atoms with E-state index in [0.717, 1.165) is 11.4 Å². The van der Waals surface area contributed by atoms with Gasteiger partial charge in [0.15, 0.2) is 0 Å². The fourth-order valence-electron chi connectivity index (χ4n) is 2.89. The molecule has 2 amide bonds. The van der Waals surface area contributed by atoms with E-state index in [1.54, 1.807) is 4.90 Å². The fourth-order valence-corrected chi connectivity index (χ4v) is 2.89. The van der Waals surface area contributed by atoms with Crippen LogP contribution in [0.25, 0.3) is 0 Å². The Morgan fingerprint density at radius 3 is 2.28 bits per heavy atom. The van der Waals surface area contributed by atoms with Crippen molar-refractivity contribution in [3.63, 3.8) is 0 Å². The number of benzene rings is 2. The van der Waals surface area contributed by atoms with Crippen molar-refractivity contribution in [2.75, 3.05) is 16.5 Å². The van der Waals surface area contributed by atoms with E-state index in [4.69, 9.17) is 5.73 Å². The number of hydrazone groups is 1. The number of anilines is 2. The van der Waals surface area contributed by atoms with Crippen LogP contribution in [0.3, 0.4) is 0 Å². The molecule has 0 fully saturated rings. The predicted octanol–water partition coefficient (Wildman–Crippen LogP) is 2.16. The summed E-state index contributed by atoms with van der Waals surface area (Å²) in [6.45, 7) is 2.41. The molecule has 25 heavy (non-hydrogen) atoms. The smallest absolute Gasteiger partial charge is 0.274 e. The predicted molar refractivity (Wildman–Crippen MR) is 98.4 cm³/mol. The monoisotopic (exact) mass is 336 g/mol. The highest BCUT2D eigenvalue weighted by Gasteiger charge is 2.36. The van der Waals surface area contributed by atoms with Gasteiger partial charge in [0, 0.05) is 18.7 Å². The van der Waals surface area contributed by atoms with Crippen LogP contribution in [-0.2, 0) is 9.59 Å². The van der Waals surface area contributed by atoms with Crippen LogP contribution in [0.15, 0.2) is 65.8 Å². The Morgan fingerprint density at radius 1 is 1.12 bits per heavy atom. The molecule has 0 bridgehead atoms. The van der Waals surface area contributed by atoms with Gasteiger partial charge >= 0.3 is 0 Å². The minimum atomic E-state index is -0.657. The van der Waals surface area contributed by atoms with Crippen LogP contribution in [0.2, 0.25) is 0 Å². The second-order valence-electron chi connectivity index (χ2n) is 5.73. The Kier molecular flexibility index (Phi) is 4.79. The summed E-state index contributed by atoms with van der Waals surface area (Å²) in [5.41, 5.74) is 7.39. The van der Waals surface area contributed by atoms with Gasteiger partial charge in [0.25, 0.3) is 5.91 Å². The van der Waals surface area contributed by atoms with E-state index in [9.17, 15) is 9.59 Å². The summed E-state index contributed by atoms with van der Waals surface area (Å²) in [7, 11) is 0. The van der Waals surface area contributed by atoms with E-state index in [1.807, 2.05) is 67.6 Å². The van der Waals surface area contributed by atoms with E-state index in [-0.39, 0.29) is 12.3 Å². The van der Waals surface area contributed by atoms with Gasteiger partial charge in [-0.3, -0.25) is 14.6 Å². The zero-order valence-electron chi connectivity index (χ0n) is 14.0. The van der Waals surface area contributed by atoms with Crippen molar-refractivity contribution in [1.29, 1.82) is 0 Å². The number of hydrogen-bond acceptors (Lipinski definition) is 4. The van der Waals surface area contributed by atoms with Crippen molar-refractivity contribution >= 4 is 28.9 Å². The highest BCUT2D eigenvalue weighted by Crippen LogP contribution is 2.25. The summed E-state index contributed by atoms with van der Waals surface area (Å²) in [5.74, 6) is -0.712. The number of hydrogen-bond donors (Lipinski definition) is 1. The van der Waals surface area contributed by atoms with Crippen LogP contribution in [0.4, 0.5) is 11.4 Å². The zero-order chi connectivity index (χ0) is 17.8. The molecule has 1 aliphatic rings. The summed E-state index contributed by atoms with van der Waals surface area (Å²) in [5, 5.41) is 5.95. The van der Waals surface area contributed by atoms with Crippen LogP contribution in [-0.4, -0.2) is 30.1 Å². The molecule has 0 aliphatic carbocycles. The van der Waals surface area contributed by atoms with E-state index in [0.29, 0.717) is 12.3 Å². The molecule has 1 atom stereocenters. The van der Waals surface area contributed by atoms with Gasteiger partial charge in [-0.2, -0.15) is 5.10 Å². The molecule has 2 aromatic carbocycles. The standard InChI is InChI=1S/C19H20N4O2/c1-2-22(14-9-5-3-6-10-14)19(25)16-13-17(18(20)24)23(21-16)15-11-7-4-8-12-15/h3-12,17H,2,13H2,1H3,(H2,20,24). The van der Waals surface area contributed by atoms with Crippen LogP contribution in [0.1, 0.15) is 13.3 Å². The molecule has 6 heteroatoms. The SMILES string of the molecule is CCN(C(=O)C1=NN(c2ccccc2)C(C(N)=O)C1)c1ccccc1. The first kappa shape index (κ1) is 16.7. The second-order valence-corrected chi connectivity index (χ2v) is 5.73. The average molecular weight is 336 g/mol. The quantitative estimate of drug-likeness (QED) is 0.909. The topological polar surface area (TPSA) is 79.0 Å². The highest BCUT2D eigenvalue weighted by molar-refractivity contribution is 6.45. The maximum Gasteiger partial charge on any atom is 0.274 e. The second kappa shape index (κ2) is 7.17. The molecule has 0 spiro atoms. The van der Waals surface area contributed by atoms with Gasteiger partial charge in [0.2, 0.25) is 5.91 Å². The van der Waals surface area contributed by atoms with Crippen molar-refractivity contribution in [3.8, 4) is 0 Å². The normalized spacial score (nSPS) is 16.4. The lowest BCUT2D eigenvalue weighted by atomic mass is 10.1. The molecule has 3 rings (SSSR count). The number of nitrogens with zero attached hydrogens (tertiary/aromatic N) is 3. The number of rotatable bonds is 5. The first-order valence-corrected chi connectivity index (χ1v) is 8.19. The number of para-hydroxylation sites is 2. The Balaban J connectivity index is 1.91. The molecule has 2 N–H and O–H groups in total. The first-order chi connectivity index (χ1) is 12.1. The maximum atomic E-state index is 12.9. The third-order valence-electron chi connectivity index (χ3n) is 4.14. The van der Waals surface area contributed by atoms with Crippen molar-refractivity contribution < 1.29 is 9.59 Å². The first-order valence-electron chi connectivity index (χ1n) is 8.19. The van der Waals surface area contributed by atoms with E-state index >= 15 is 0 Å². The van der Waals surface area contributed by atoms with Crippen molar-refractivity contribution in [2.45, 2.75) is 19.4 Å². The Morgan fingerprint density at radius 2 is 1.72 bits per heavy atom. The van der Waals surface area contributed by atoms with Crippen molar-refractivity contribution in [2.24, 2.45) is 10.8 Å². The zero-order valence-corrected chi connectivity index (χ0v) is 14.0. The summed E-state index contributed by atoms with van der Waals surface area (Å²) < 4.78 is 0. The molecule has 128 valence electrons. The number of amides is 2. The minimum Gasteiger partial charge on any atom is -0.368 e. The Hall–Kier alpha value is -3.15. The van der Waals surface area contributed by atoms with Crippen molar-refractivity contribution in [1.82, 2.24) is 0 Å². The van der Waals surface area contributed by atoms with Gasteiger partial charge in [0.05, 0.1) is 5.69 Å². The molecule has 0 saturated carbocycles. The molecule has 1 aliphatic heterocycles. The highest BCUT2D eigenvalue weighted by atomic mass is 16.2. The maximum absolute atomic E-state index is 12.9. The number of nitrogens with two attached hydrogens (primary N) is 1. The molecule has 0 aromatic heterocycles. The van der Waals surface area contributed by atoms with Gasteiger partial charge in [-0.1, -0.05) is 36.4 Å². The van der Waals surface area contributed by atoms with Gasteiger partial charge < -0.3 is 10.6 Å². The number of carbonyl (C=O) groups excluding carboxylic acids is 2. The van der Waals surface area contributed by atoms with Gasteiger partial charge in [-0.25, -0.2) is 0 Å². The lowest BCUT2D eigenvalue weighted by molar-refractivity contribution is -0.119. The summed E-state index contributed by atoms with van der Waals surface area (Å²) >= 11 is 0.